The molecule has 0 saturated carbocycles. The molecule has 0 unspecified atom stereocenters. The summed E-state index contributed by atoms with van der Waals surface area (Å²) >= 11 is 0. The van der Waals surface area contributed by atoms with Gasteiger partial charge in [0.2, 0.25) is 0 Å². The molecular weight excluding hydrogens is 370 g/mol. The molecule has 0 radical (unpaired) electrons. The van der Waals surface area contributed by atoms with Gasteiger partial charge in [-0.25, -0.2) is 9.78 Å². The summed E-state index contributed by atoms with van der Waals surface area (Å²) < 4.78 is 5.85. The van der Waals surface area contributed by atoms with Crippen LogP contribution in [0.3, 0.4) is 0 Å². The summed E-state index contributed by atoms with van der Waals surface area (Å²) in [4.78, 5) is 18.4. The molecule has 30 heavy (non-hydrogen) atoms. The van der Waals surface area contributed by atoms with E-state index >= 15 is 0 Å². The third-order valence-corrected chi connectivity index (χ3v) is 5.33. The van der Waals surface area contributed by atoms with Crippen molar-refractivity contribution in [2.45, 2.75) is 34.6 Å². The highest BCUT2D eigenvalue weighted by Crippen LogP contribution is 2.32. The predicted molar refractivity (Wildman–Crippen MR) is 122 cm³/mol. The Bertz CT molecular complexity index is 1250. The van der Waals surface area contributed by atoms with Crippen LogP contribution in [0.25, 0.3) is 22.2 Å². The first kappa shape index (κ1) is 19.8. The van der Waals surface area contributed by atoms with Gasteiger partial charge < -0.3 is 4.74 Å². The van der Waals surface area contributed by atoms with E-state index < -0.39 is 0 Å². The van der Waals surface area contributed by atoms with E-state index in [1.54, 1.807) is 0 Å². The second-order valence-electron chi connectivity index (χ2n) is 8.02. The van der Waals surface area contributed by atoms with Crippen LogP contribution in [0.5, 0.6) is 5.75 Å². The van der Waals surface area contributed by atoms with Crippen LogP contribution in [0.15, 0.2) is 60.7 Å². The van der Waals surface area contributed by atoms with Crippen LogP contribution in [0.4, 0.5) is 0 Å². The van der Waals surface area contributed by atoms with Gasteiger partial charge in [-0.3, -0.25) is 0 Å². The summed E-state index contributed by atoms with van der Waals surface area (Å²) in [5.41, 5.74) is 8.28. The smallest absolute Gasteiger partial charge is 0.344 e. The minimum absolute atomic E-state index is 0.355. The zero-order valence-corrected chi connectivity index (χ0v) is 18.0. The summed E-state index contributed by atoms with van der Waals surface area (Å²) in [5.74, 6) is 0.208. The standard InChI is InChI=1S/C27H25NO2/c1-16-11-17(2)14-22(13-16)30-27(29)24-20(5)26(21-9-7-6-8-10-21)28-25-19(4)12-18(3)15-23(24)25/h6-15H,1-5H3. The first-order valence-electron chi connectivity index (χ1n) is 10.1. The quantitative estimate of drug-likeness (QED) is 0.287. The van der Waals surface area contributed by atoms with Gasteiger partial charge in [-0.05, 0) is 75.1 Å². The number of rotatable bonds is 3. The fourth-order valence-electron chi connectivity index (χ4n) is 4.11. The molecule has 1 aromatic heterocycles. The predicted octanol–water partition coefficient (Wildman–Crippen LogP) is 6.66. The number of aromatic nitrogens is 1. The second kappa shape index (κ2) is 7.75. The van der Waals surface area contributed by atoms with Crippen molar-refractivity contribution in [2.24, 2.45) is 0 Å². The minimum atomic E-state index is -0.355. The van der Waals surface area contributed by atoms with Crippen LogP contribution < -0.4 is 4.74 Å². The average Bonchev–Trinajstić information content (AvgIpc) is 2.67. The van der Waals surface area contributed by atoms with Crippen LogP contribution in [0, 0.1) is 34.6 Å². The van der Waals surface area contributed by atoms with E-state index in [-0.39, 0.29) is 5.97 Å². The Morgan fingerprint density at radius 1 is 0.800 bits per heavy atom. The number of nitrogens with zero attached hydrogens (tertiary/aromatic N) is 1. The molecule has 3 heteroatoms. The molecule has 0 bridgehead atoms. The highest BCUT2D eigenvalue weighted by atomic mass is 16.5. The summed E-state index contributed by atoms with van der Waals surface area (Å²) in [6.07, 6.45) is 0. The number of pyridine rings is 1. The number of carbonyl (C=O) groups excluding carboxylic acids is 1. The third kappa shape index (κ3) is 3.71. The molecule has 0 spiro atoms. The number of fused-ring (bicyclic) bond motifs is 1. The number of aryl methyl sites for hydroxylation is 4. The molecule has 0 aliphatic rings. The lowest BCUT2D eigenvalue weighted by atomic mass is 9.95. The SMILES string of the molecule is Cc1cc(C)cc(OC(=O)c2c(C)c(-c3ccccc3)nc3c(C)cc(C)cc23)c1. The molecule has 0 atom stereocenters. The van der Waals surface area contributed by atoms with Gasteiger partial charge in [0.05, 0.1) is 16.8 Å². The fraction of sp³-hybridized carbons (Fsp3) is 0.185. The van der Waals surface area contributed by atoms with Crippen molar-refractivity contribution in [1.29, 1.82) is 0 Å². The normalized spacial score (nSPS) is 11.0. The number of esters is 1. The Hall–Kier alpha value is -3.46. The van der Waals surface area contributed by atoms with Crippen LogP contribution in [0.1, 0.15) is 38.2 Å². The van der Waals surface area contributed by atoms with Crippen LogP contribution in [-0.2, 0) is 0 Å². The molecule has 4 rings (SSSR count). The first-order chi connectivity index (χ1) is 14.3. The van der Waals surface area contributed by atoms with E-state index in [4.69, 9.17) is 9.72 Å². The van der Waals surface area contributed by atoms with E-state index in [0.717, 1.165) is 50.0 Å². The fourth-order valence-corrected chi connectivity index (χ4v) is 4.11. The zero-order valence-electron chi connectivity index (χ0n) is 18.0. The molecule has 1 heterocycles. The molecule has 0 saturated heterocycles. The molecule has 0 aliphatic carbocycles. The summed E-state index contributed by atoms with van der Waals surface area (Å²) in [6.45, 7) is 10.0. The molecule has 3 nitrogen and oxygen atoms in total. The monoisotopic (exact) mass is 395 g/mol. The van der Waals surface area contributed by atoms with E-state index in [0.29, 0.717) is 11.3 Å². The van der Waals surface area contributed by atoms with E-state index in [1.807, 2.05) is 83.1 Å². The highest BCUT2D eigenvalue weighted by Gasteiger charge is 2.22. The lowest BCUT2D eigenvalue weighted by molar-refractivity contribution is 0.0736. The van der Waals surface area contributed by atoms with Gasteiger partial charge in [0.15, 0.2) is 0 Å². The summed E-state index contributed by atoms with van der Waals surface area (Å²) in [7, 11) is 0. The van der Waals surface area contributed by atoms with E-state index in [9.17, 15) is 4.79 Å². The van der Waals surface area contributed by atoms with Crippen LogP contribution >= 0.6 is 0 Å². The van der Waals surface area contributed by atoms with Crippen molar-refractivity contribution < 1.29 is 9.53 Å². The maximum absolute atomic E-state index is 13.4. The highest BCUT2D eigenvalue weighted by molar-refractivity contribution is 6.08. The second-order valence-corrected chi connectivity index (χ2v) is 8.02. The number of hydrogen-bond donors (Lipinski definition) is 0. The van der Waals surface area contributed by atoms with Crippen molar-refractivity contribution in [3.63, 3.8) is 0 Å². The minimum Gasteiger partial charge on any atom is -0.423 e. The molecule has 0 fully saturated rings. The van der Waals surface area contributed by atoms with Gasteiger partial charge in [-0.2, -0.15) is 0 Å². The molecule has 150 valence electrons. The van der Waals surface area contributed by atoms with Gasteiger partial charge in [0, 0.05) is 10.9 Å². The number of carbonyl (C=O) groups is 1. The largest absolute Gasteiger partial charge is 0.423 e. The first-order valence-corrected chi connectivity index (χ1v) is 10.1. The maximum Gasteiger partial charge on any atom is 0.344 e. The zero-order chi connectivity index (χ0) is 21.4. The van der Waals surface area contributed by atoms with Gasteiger partial charge >= 0.3 is 5.97 Å². The molecular formula is C27H25NO2. The topological polar surface area (TPSA) is 39.2 Å². The number of hydrogen-bond acceptors (Lipinski definition) is 3. The van der Waals surface area contributed by atoms with Crippen LogP contribution in [0.2, 0.25) is 0 Å². The molecule has 3 aromatic carbocycles. The van der Waals surface area contributed by atoms with Crippen molar-refractivity contribution in [3.8, 4) is 17.0 Å². The number of benzene rings is 3. The van der Waals surface area contributed by atoms with Crippen molar-refractivity contribution in [1.82, 2.24) is 4.98 Å². The van der Waals surface area contributed by atoms with Crippen molar-refractivity contribution in [3.05, 3.63) is 94.0 Å². The van der Waals surface area contributed by atoms with Gasteiger partial charge in [0.1, 0.15) is 5.75 Å². The van der Waals surface area contributed by atoms with Crippen molar-refractivity contribution in [2.75, 3.05) is 0 Å². The van der Waals surface area contributed by atoms with Crippen molar-refractivity contribution >= 4 is 16.9 Å². The lowest BCUT2D eigenvalue weighted by Gasteiger charge is -2.16. The van der Waals surface area contributed by atoms with Gasteiger partial charge in [0.25, 0.3) is 0 Å². The number of ether oxygens (including phenoxy) is 1. The van der Waals surface area contributed by atoms with Gasteiger partial charge in [-0.1, -0.05) is 48.0 Å². The Balaban J connectivity index is 1.94. The Kier molecular flexibility index (Phi) is 5.13. The van der Waals surface area contributed by atoms with E-state index in [2.05, 4.69) is 12.1 Å². The molecule has 0 N–H and O–H groups in total. The molecule has 4 aromatic rings. The van der Waals surface area contributed by atoms with E-state index in [1.165, 1.54) is 0 Å². The molecule has 0 amide bonds. The maximum atomic E-state index is 13.4. The Morgan fingerprint density at radius 2 is 1.43 bits per heavy atom. The lowest BCUT2D eigenvalue weighted by Crippen LogP contribution is -2.13. The summed E-state index contributed by atoms with van der Waals surface area (Å²) in [6, 6.07) is 19.9. The summed E-state index contributed by atoms with van der Waals surface area (Å²) in [5, 5.41) is 0.832. The Morgan fingerprint density at radius 3 is 2.10 bits per heavy atom. The molecule has 0 aliphatic heterocycles. The third-order valence-electron chi connectivity index (χ3n) is 5.33. The van der Waals surface area contributed by atoms with Crippen LogP contribution in [-0.4, -0.2) is 11.0 Å². The Labute approximate surface area is 177 Å². The average molecular weight is 396 g/mol. The van der Waals surface area contributed by atoms with Gasteiger partial charge in [-0.15, -0.1) is 0 Å².